The molecule has 4 aromatic rings. The highest BCUT2D eigenvalue weighted by molar-refractivity contribution is 9.10. The van der Waals surface area contributed by atoms with E-state index in [9.17, 15) is 13.6 Å². The first-order chi connectivity index (χ1) is 16.5. The molecule has 0 unspecified atom stereocenters. The summed E-state index contributed by atoms with van der Waals surface area (Å²) >= 11 is 3.50. The molecule has 1 amide bonds. The molecule has 0 saturated carbocycles. The Kier molecular flexibility index (Phi) is 6.43. The second-order valence-corrected chi connectivity index (χ2v) is 9.43. The lowest BCUT2D eigenvalue weighted by molar-refractivity contribution is -0.121. The van der Waals surface area contributed by atoms with Crippen LogP contribution >= 0.6 is 15.9 Å². The van der Waals surface area contributed by atoms with Gasteiger partial charge in [0, 0.05) is 22.8 Å². The molecular formula is C26H23BrF2N4O. The average molecular weight is 525 g/mol. The van der Waals surface area contributed by atoms with Crippen LogP contribution in [-0.4, -0.2) is 33.4 Å². The Morgan fingerprint density at radius 2 is 1.88 bits per heavy atom. The van der Waals surface area contributed by atoms with Crippen molar-refractivity contribution in [2.45, 2.75) is 19.4 Å². The van der Waals surface area contributed by atoms with E-state index in [2.05, 4.69) is 36.8 Å². The summed E-state index contributed by atoms with van der Waals surface area (Å²) in [5, 5.41) is 2.62. The first kappa shape index (κ1) is 22.7. The molecule has 0 bridgehead atoms. The van der Waals surface area contributed by atoms with E-state index in [-0.39, 0.29) is 17.5 Å². The van der Waals surface area contributed by atoms with Crippen molar-refractivity contribution in [3.63, 3.8) is 0 Å². The van der Waals surface area contributed by atoms with Crippen LogP contribution in [-0.2, 0) is 11.3 Å². The van der Waals surface area contributed by atoms with E-state index < -0.39 is 11.6 Å². The highest BCUT2D eigenvalue weighted by Crippen LogP contribution is 2.26. The topological polar surface area (TPSA) is 50.2 Å². The Labute approximate surface area is 204 Å². The lowest BCUT2D eigenvalue weighted by Gasteiger charge is -2.31. The second kappa shape index (κ2) is 9.64. The Morgan fingerprint density at radius 1 is 1.09 bits per heavy atom. The predicted octanol–water partition coefficient (Wildman–Crippen LogP) is 5.92. The molecule has 5 rings (SSSR count). The SMILES string of the molecule is O=C(Nc1ccc(F)cc1F)[C@@H]1CCCN(Cc2nc3ccccc3n2-c2ccc(Br)cc2)C1. The Hall–Kier alpha value is -3.10. The minimum Gasteiger partial charge on any atom is -0.323 e. The first-order valence-electron chi connectivity index (χ1n) is 11.2. The monoisotopic (exact) mass is 524 g/mol. The number of hydrogen-bond acceptors (Lipinski definition) is 3. The number of likely N-dealkylation sites (tertiary alicyclic amines) is 1. The molecule has 5 nitrogen and oxygen atoms in total. The Bertz CT molecular complexity index is 1340. The Morgan fingerprint density at radius 3 is 2.68 bits per heavy atom. The van der Waals surface area contributed by atoms with Crippen LogP contribution in [0.4, 0.5) is 14.5 Å². The van der Waals surface area contributed by atoms with Gasteiger partial charge >= 0.3 is 0 Å². The normalized spacial score (nSPS) is 16.6. The van der Waals surface area contributed by atoms with Gasteiger partial charge in [0.05, 0.1) is 29.2 Å². The van der Waals surface area contributed by atoms with Crippen molar-refractivity contribution in [1.29, 1.82) is 0 Å². The number of amides is 1. The summed E-state index contributed by atoms with van der Waals surface area (Å²) in [4.78, 5) is 19.9. The molecule has 1 fully saturated rings. The largest absolute Gasteiger partial charge is 0.323 e. The van der Waals surface area contributed by atoms with Crippen molar-refractivity contribution < 1.29 is 13.6 Å². The summed E-state index contributed by atoms with van der Waals surface area (Å²) in [6, 6.07) is 19.3. The van der Waals surface area contributed by atoms with Gasteiger partial charge in [-0.05, 0) is 67.9 Å². The minimum atomic E-state index is -0.774. The number of anilines is 1. The van der Waals surface area contributed by atoms with Crippen LogP contribution in [0.2, 0.25) is 0 Å². The molecule has 1 N–H and O–H groups in total. The van der Waals surface area contributed by atoms with Gasteiger partial charge in [-0.15, -0.1) is 0 Å². The van der Waals surface area contributed by atoms with E-state index in [4.69, 9.17) is 4.98 Å². The number of nitrogens with one attached hydrogen (secondary N) is 1. The van der Waals surface area contributed by atoms with Crippen LogP contribution < -0.4 is 5.32 Å². The maximum atomic E-state index is 14.0. The molecule has 1 aliphatic heterocycles. The molecule has 2 heterocycles. The van der Waals surface area contributed by atoms with Crippen molar-refractivity contribution in [3.05, 3.63) is 88.7 Å². The zero-order chi connectivity index (χ0) is 23.7. The van der Waals surface area contributed by atoms with E-state index in [1.54, 1.807) is 0 Å². The quantitative estimate of drug-likeness (QED) is 0.352. The number of benzene rings is 3. The van der Waals surface area contributed by atoms with E-state index in [0.717, 1.165) is 52.1 Å². The fourth-order valence-electron chi connectivity index (χ4n) is 4.50. The van der Waals surface area contributed by atoms with Crippen LogP contribution in [0, 0.1) is 17.6 Å². The number of halogens is 3. The molecule has 0 aliphatic carbocycles. The van der Waals surface area contributed by atoms with E-state index in [1.165, 1.54) is 6.07 Å². The van der Waals surface area contributed by atoms with Gasteiger partial charge in [-0.2, -0.15) is 0 Å². The molecule has 3 aromatic carbocycles. The smallest absolute Gasteiger partial charge is 0.228 e. The molecule has 0 radical (unpaired) electrons. The number of para-hydroxylation sites is 2. The van der Waals surface area contributed by atoms with E-state index in [1.807, 2.05) is 42.5 Å². The molecule has 1 atom stereocenters. The number of nitrogens with zero attached hydrogens (tertiary/aromatic N) is 3. The van der Waals surface area contributed by atoms with Crippen LogP contribution in [0.3, 0.4) is 0 Å². The molecule has 0 spiro atoms. The number of carbonyl (C=O) groups excluding carboxylic acids is 1. The van der Waals surface area contributed by atoms with Crippen LogP contribution in [0.25, 0.3) is 16.7 Å². The third kappa shape index (κ3) is 4.74. The molecule has 8 heteroatoms. The van der Waals surface area contributed by atoms with Gasteiger partial charge in [-0.25, -0.2) is 13.8 Å². The van der Waals surface area contributed by atoms with E-state index in [0.29, 0.717) is 19.5 Å². The van der Waals surface area contributed by atoms with Crippen LogP contribution in [0.5, 0.6) is 0 Å². The van der Waals surface area contributed by atoms with Gasteiger partial charge in [0.1, 0.15) is 17.5 Å². The van der Waals surface area contributed by atoms with Gasteiger partial charge in [0.15, 0.2) is 0 Å². The van der Waals surface area contributed by atoms with Crippen molar-refractivity contribution in [2.75, 3.05) is 18.4 Å². The summed E-state index contributed by atoms with van der Waals surface area (Å²) in [6.45, 7) is 1.97. The van der Waals surface area contributed by atoms with Crippen LogP contribution in [0.1, 0.15) is 18.7 Å². The lowest BCUT2D eigenvalue weighted by atomic mass is 9.97. The molecule has 1 aromatic heterocycles. The van der Waals surface area contributed by atoms with Gasteiger partial charge < -0.3 is 5.32 Å². The van der Waals surface area contributed by atoms with Crippen molar-refractivity contribution >= 4 is 38.6 Å². The van der Waals surface area contributed by atoms with Crippen molar-refractivity contribution in [3.8, 4) is 5.69 Å². The number of aromatic nitrogens is 2. The maximum absolute atomic E-state index is 14.0. The summed E-state index contributed by atoms with van der Waals surface area (Å²) in [5.41, 5.74) is 2.96. The zero-order valence-corrected chi connectivity index (χ0v) is 19.9. The van der Waals surface area contributed by atoms with E-state index >= 15 is 0 Å². The Balaban J connectivity index is 1.36. The second-order valence-electron chi connectivity index (χ2n) is 8.52. The highest BCUT2D eigenvalue weighted by Gasteiger charge is 2.27. The fourth-order valence-corrected chi connectivity index (χ4v) is 4.76. The molecule has 34 heavy (non-hydrogen) atoms. The average Bonchev–Trinajstić information content (AvgIpc) is 3.19. The van der Waals surface area contributed by atoms with Gasteiger partial charge in [-0.3, -0.25) is 14.3 Å². The van der Waals surface area contributed by atoms with Gasteiger partial charge in [-0.1, -0.05) is 28.1 Å². The number of rotatable bonds is 5. The molecule has 1 aliphatic rings. The summed E-state index contributed by atoms with van der Waals surface area (Å²) < 4.78 is 30.3. The lowest BCUT2D eigenvalue weighted by Crippen LogP contribution is -2.40. The standard InChI is InChI=1S/C26H23BrF2N4O/c27-18-7-10-20(11-8-18)33-24-6-2-1-5-23(24)30-25(33)16-32-13-3-4-17(15-32)26(34)31-22-12-9-19(28)14-21(22)29/h1-2,5-12,14,17H,3-4,13,15-16H2,(H,31,34)/t17-/m1/s1. The number of imidazole rings is 1. The summed E-state index contributed by atoms with van der Waals surface area (Å²) in [6.07, 6.45) is 1.57. The minimum absolute atomic E-state index is 0.000513. The highest BCUT2D eigenvalue weighted by atomic mass is 79.9. The fraction of sp³-hybridized carbons (Fsp3) is 0.231. The number of fused-ring (bicyclic) bond motifs is 1. The van der Waals surface area contributed by atoms with Crippen molar-refractivity contribution in [2.24, 2.45) is 5.92 Å². The van der Waals surface area contributed by atoms with Gasteiger partial charge in [0.2, 0.25) is 5.91 Å². The maximum Gasteiger partial charge on any atom is 0.228 e. The number of piperidine rings is 1. The number of carbonyl (C=O) groups is 1. The summed E-state index contributed by atoms with van der Waals surface area (Å²) in [7, 11) is 0. The summed E-state index contributed by atoms with van der Waals surface area (Å²) in [5.74, 6) is -1.09. The van der Waals surface area contributed by atoms with Crippen molar-refractivity contribution in [1.82, 2.24) is 14.5 Å². The zero-order valence-electron chi connectivity index (χ0n) is 18.3. The molecular weight excluding hydrogens is 502 g/mol. The van der Waals surface area contributed by atoms with Gasteiger partial charge in [0.25, 0.3) is 0 Å². The third-order valence-electron chi connectivity index (χ3n) is 6.15. The molecule has 174 valence electrons. The predicted molar refractivity (Wildman–Crippen MR) is 132 cm³/mol. The number of hydrogen-bond donors (Lipinski definition) is 1. The third-order valence-corrected chi connectivity index (χ3v) is 6.67. The van der Waals surface area contributed by atoms with Crippen LogP contribution in [0.15, 0.2) is 71.2 Å². The molecule has 1 saturated heterocycles. The first-order valence-corrected chi connectivity index (χ1v) is 12.0.